The number of carbonyl (C=O) groups is 1. The third-order valence-electron chi connectivity index (χ3n) is 4.15. The lowest BCUT2D eigenvalue weighted by Crippen LogP contribution is -2.38. The van der Waals surface area contributed by atoms with Crippen molar-refractivity contribution in [2.75, 3.05) is 25.0 Å². The van der Waals surface area contributed by atoms with Crippen LogP contribution in [0.5, 0.6) is 0 Å². The van der Waals surface area contributed by atoms with Crippen molar-refractivity contribution >= 4 is 23.1 Å². The first kappa shape index (κ1) is 16.8. The summed E-state index contributed by atoms with van der Waals surface area (Å²) in [6.07, 6.45) is 2.36. The predicted molar refractivity (Wildman–Crippen MR) is 90.3 cm³/mol. The van der Waals surface area contributed by atoms with E-state index in [2.05, 4.69) is 20.9 Å². The minimum Gasteiger partial charge on any atom is -0.476 e. The number of aromatic nitrogens is 2. The fourth-order valence-electron chi connectivity index (χ4n) is 2.95. The molecule has 2 atom stereocenters. The van der Waals surface area contributed by atoms with Crippen molar-refractivity contribution in [3.8, 4) is 0 Å². The van der Waals surface area contributed by atoms with E-state index in [9.17, 15) is 9.18 Å². The number of halogens is 1. The Morgan fingerprint density at radius 1 is 1.50 bits per heavy atom. The highest BCUT2D eigenvalue weighted by molar-refractivity contribution is 7.09. The van der Waals surface area contributed by atoms with Crippen molar-refractivity contribution in [2.45, 2.75) is 25.2 Å². The number of thiophene rings is 1. The monoisotopic (exact) mass is 350 g/mol. The molecule has 0 unspecified atom stereocenters. The average Bonchev–Trinajstić information content (AvgIpc) is 3.18. The van der Waals surface area contributed by atoms with Gasteiger partial charge in [0.05, 0.1) is 12.4 Å². The first-order chi connectivity index (χ1) is 11.5. The summed E-state index contributed by atoms with van der Waals surface area (Å²) in [6.45, 7) is 1.81. The Morgan fingerprint density at radius 3 is 2.96 bits per heavy atom. The number of aromatic carboxylic acids is 1. The first-order valence-corrected chi connectivity index (χ1v) is 8.58. The van der Waals surface area contributed by atoms with E-state index in [0.717, 1.165) is 6.54 Å². The summed E-state index contributed by atoms with van der Waals surface area (Å²) in [5.74, 6) is -0.520. The number of rotatable bonds is 6. The van der Waals surface area contributed by atoms with Gasteiger partial charge < -0.3 is 10.0 Å². The maximum atomic E-state index is 13.9. The molecule has 1 aliphatic rings. The van der Waals surface area contributed by atoms with Crippen LogP contribution in [-0.2, 0) is 6.54 Å². The van der Waals surface area contributed by atoms with Gasteiger partial charge in [-0.15, -0.1) is 11.3 Å². The molecular formula is C16H19FN4O2S. The van der Waals surface area contributed by atoms with Crippen LogP contribution in [0, 0.1) is 0 Å². The number of nitrogens with zero attached hydrogens (tertiary/aromatic N) is 4. The van der Waals surface area contributed by atoms with Gasteiger partial charge in [-0.1, -0.05) is 6.07 Å². The second-order valence-corrected chi connectivity index (χ2v) is 6.97. The minimum absolute atomic E-state index is 0.0869. The highest BCUT2D eigenvalue weighted by Crippen LogP contribution is 2.25. The van der Waals surface area contributed by atoms with Gasteiger partial charge in [0.2, 0.25) is 0 Å². The van der Waals surface area contributed by atoms with Gasteiger partial charge in [-0.3, -0.25) is 4.90 Å². The molecule has 1 fully saturated rings. The molecule has 0 aliphatic carbocycles. The van der Waals surface area contributed by atoms with Crippen LogP contribution in [-0.4, -0.2) is 58.3 Å². The van der Waals surface area contributed by atoms with Crippen LogP contribution < -0.4 is 4.90 Å². The van der Waals surface area contributed by atoms with Crippen LogP contribution in [0.15, 0.2) is 29.9 Å². The van der Waals surface area contributed by atoms with Crippen LogP contribution in [0.2, 0.25) is 0 Å². The molecule has 24 heavy (non-hydrogen) atoms. The van der Waals surface area contributed by atoms with Crippen molar-refractivity contribution in [2.24, 2.45) is 0 Å². The maximum Gasteiger partial charge on any atom is 0.356 e. The normalized spacial score (nSPS) is 21.1. The van der Waals surface area contributed by atoms with Crippen LogP contribution in [0.3, 0.4) is 0 Å². The molecule has 1 saturated heterocycles. The van der Waals surface area contributed by atoms with Gasteiger partial charge in [0.25, 0.3) is 0 Å². The largest absolute Gasteiger partial charge is 0.476 e. The molecule has 128 valence electrons. The fraction of sp³-hybridized carbons (Fsp3) is 0.438. The number of anilines is 1. The number of likely N-dealkylation sites (tertiary alicyclic amines) is 1. The van der Waals surface area contributed by atoms with Crippen LogP contribution in [0.1, 0.15) is 21.8 Å². The second kappa shape index (κ2) is 7.23. The Labute approximate surface area is 143 Å². The summed E-state index contributed by atoms with van der Waals surface area (Å²) in [4.78, 5) is 24.1. The van der Waals surface area contributed by atoms with E-state index in [4.69, 9.17) is 5.11 Å². The molecule has 0 aromatic carbocycles. The zero-order valence-electron chi connectivity index (χ0n) is 13.3. The molecule has 0 radical (unpaired) electrons. The molecule has 2 aromatic heterocycles. The Morgan fingerprint density at radius 2 is 2.33 bits per heavy atom. The van der Waals surface area contributed by atoms with E-state index in [-0.39, 0.29) is 11.7 Å². The molecule has 3 heterocycles. The lowest BCUT2D eigenvalue weighted by Gasteiger charge is -2.28. The van der Waals surface area contributed by atoms with E-state index in [1.165, 1.54) is 17.3 Å². The van der Waals surface area contributed by atoms with Crippen LogP contribution in [0.4, 0.5) is 10.2 Å². The van der Waals surface area contributed by atoms with E-state index >= 15 is 0 Å². The molecule has 3 rings (SSSR count). The molecule has 0 saturated carbocycles. The van der Waals surface area contributed by atoms with Gasteiger partial charge in [-0.05, 0) is 17.9 Å². The van der Waals surface area contributed by atoms with Crippen molar-refractivity contribution < 1.29 is 14.3 Å². The Kier molecular flexibility index (Phi) is 5.06. The van der Waals surface area contributed by atoms with E-state index in [0.29, 0.717) is 25.3 Å². The third kappa shape index (κ3) is 3.88. The maximum absolute atomic E-state index is 13.9. The average molecular weight is 350 g/mol. The predicted octanol–water partition coefficient (Wildman–Crippen LogP) is 2.29. The summed E-state index contributed by atoms with van der Waals surface area (Å²) >= 11 is 1.68. The Balaban J connectivity index is 1.65. The minimum atomic E-state index is -1.10. The van der Waals surface area contributed by atoms with Gasteiger partial charge in [0.1, 0.15) is 12.0 Å². The van der Waals surface area contributed by atoms with Gasteiger partial charge in [0.15, 0.2) is 5.69 Å². The fourth-order valence-corrected chi connectivity index (χ4v) is 3.68. The van der Waals surface area contributed by atoms with Crippen molar-refractivity contribution in [1.29, 1.82) is 0 Å². The first-order valence-electron chi connectivity index (χ1n) is 7.70. The van der Waals surface area contributed by atoms with Crippen molar-refractivity contribution in [1.82, 2.24) is 14.9 Å². The molecule has 2 aromatic rings. The molecule has 0 spiro atoms. The summed E-state index contributed by atoms with van der Waals surface area (Å²) in [5.41, 5.74) is -0.0869. The smallest absolute Gasteiger partial charge is 0.356 e. The number of hydrogen-bond donors (Lipinski definition) is 1. The molecule has 8 heteroatoms. The molecule has 0 amide bonds. The van der Waals surface area contributed by atoms with Crippen LogP contribution >= 0.6 is 11.3 Å². The second-order valence-electron chi connectivity index (χ2n) is 5.94. The van der Waals surface area contributed by atoms with Gasteiger partial charge in [-0.2, -0.15) is 0 Å². The molecule has 1 aliphatic heterocycles. The van der Waals surface area contributed by atoms with Crippen molar-refractivity contribution in [3.63, 3.8) is 0 Å². The highest BCUT2D eigenvalue weighted by Gasteiger charge is 2.33. The summed E-state index contributed by atoms with van der Waals surface area (Å²) in [6, 6.07) is 4.16. The molecular weight excluding hydrogens is 331 g/mol. The lowest BCUT2D eigenvalue weighted by atomic mass is 10.2. The summed E-state index contributed by atoms with van der Waals surface area (Å²) in [5, 5.41) is 10.9. The highest BCUT2D eigenvalue weighted by atomic mass is 32.1. The van der Waals surface area contributed by atoms with E-state index in [1.807, 2.05) is 23.4 Å². The number of alkyl halides is 1. The van der Waals surface area contributed by atoms with Crippen LogP contribution in [0.25, 0.3) is 0 Å². The quantitative estimate of drug-likeness (QED) is 0.862. The summed E-state index contributed by atoms with van der Waals surface area (Å²) in [7, 11) is 1.86. The van der Waals surface area contributed by atoms with Gasteiger partial charge in [0, 0.05) is 37.6 Å². The molecule has 1 N–H and O–H groups in total. The lowest BCUT2D eigenvalue weighted by molar-refractivity contribution is 0.0690. The van der Waals surface area contributed by atoms with E-state index in [1.54, 1.807) is 11.3 Å². The summed E-state index contributed by atoms with van der Waals surface area (Å²) < 4.78 is 13.9. The Bertz CT molecular complexity index is 680. The molecule has 6 nitrogen and oxygen atoms in total. The SMILES string of the molecule is CN(C[C@@H]1C[C@H](F)CN1Cc1cccs1)c1cnc(C(=O)O)cn1. The molecule has 0 bridgehead atoms. The number of carboxylic acid groups (broad SMARTS) is 1. The number of likely N-dealkylation sites (N-methyl/N-ethyl adjacent to an activating group) is 1. The third-order valence-corrected chi connectivity index (χ3v) is 5.01. The van der Waals surface area contributed by atoms with Gasteiger partial charge >= 0.3 is 5.97 Å². The zero-order valence-corrected chi connectivity index (χ0v) is 14.1. The van der Waals surface area contributed by atoms with Crippen molar-refractivity contribution in [3.05, 3.63) is 40.5 Å². The number of carboxylic acids is 1. The number of hydrogen-bond acceptors (Lipinski definition) is 6. The Hall–Kier alpha value is -2.06. The topological polar surface area (TPSA) is 69.6 Å². The standard InChI is InChI=1S/C16H19FN4O2S/c1-20(15-7-18-14(6-19-15)16(22)23)9-12-5-11(17)8-21(12)10-13-3-2-4-24-13/h2-4,6-7,11-12H,5,8-10H2,1H3,(H,22,23)/t11-,12-/m0/s1. The van der Waals surface area contributed by atoms with E-state index < -0.39 is 12.1 Å². The zero-order chi connectivity index (χ0) is 17.1. The van der Waals surface area contributed by atoms with Gasteiger partial charge in [-0.25, -0.2) is 19.2 Å².